The van der Waals surface area contributed by atoms with Crippen molar-refractivity contribution < 1.29 is 9.26 Å². The molecular weight excluding hydrogens is 256 g/mol. The van der Waals surface area contributed by atoms with Crippen molar-refractivity contribution in [2.75, 3.05) is 13.7 Å². The smallest absolute Gasteiger partial charge is 0.258 e. The predicted molar refractivity (Wildman–Crippen MR) is 73.8 cm³/mol. The zero-order valence-electron chi connectivity index (χ0n) is 11.0. The predicted octanol–water partition coefficient (Wildman–Crippen LogP) is 1.93. The molecule has 0 aliphatic carbocycles. The van der Waals surface area contributed by atoms with Gasteiger partial charge >= 0.3 is 0 Å². The Kier molecular flexibility index (Phi) is 3.41. The minimum Gasteiger partial charge on any atom is -0.383 e. The second kappa shape index (κ2) is 5.36. The van der Waals surface area contributed by atoms with E-state index in [2.05, 4.69) is 15.1 Å². The molecule has 0 saturated carbocycles. The maximum atomic E-state index is 5.87. The zero-order valence-corrected chi connectivity index (χ0v) is 11.0. The molecule has 102 valence electrons. The molecule has 20 heavy (non-hydrogen) atoms. The third kappa shape index (κ3) is 2.38. The van der Waals surface area contributed by atoms with Gasteiger partial charge in [0.2, 0.25) is 0 Å². The molecule has 1 unspecified atom stereocenters. The molecule has 0 aliphatic heterocycles. The minimum atomic E-state index is -0.389. The lowest BCUT2D eigenvalue weighted by Gasteiger charge is -2.03. The highest BCUT2D eigenvalue weighted by molar-refractivity contribution is 5.82. The van der Waals surface area contributed by atoms with E-state index in [-0.39, 0.29) is 6.04 Å². The van der Waals surface area contributed by atoms with Crippen molar-refractivity contribution in [3.8, 4) is 11.5 Å². The lowest BCUT2D eigenvalue weighted by Crippen LogP contribution is -2.17. The molecule has 2 heterocycles. The monoisotopic (exact) mass is 270 g/mol. The topological polar surface area (TPSA) is 87.1 Å². The average Bonchev–Trinajstić information content (AvgIpc) is 2.97. The third-order valence-electron chi connectivity index (χ3n) is 2.97. The van der Waals surface area contributed by atoms with Crippen LogP contribution in [0.1, 0.15) is 11.9 Å². The van der Waals surface area contributed by atoms with Gasteiger partial charge in [-0.1, -0.05) is 11.2 Å². The van der Waals surface area contributed by atoms with Crippen LogP contribution in [0.25, 0.3) is 22.4 Å². The van der Waals surface area contributed by atoms with Gasteiger partial charge in [-0.25, -0.2) is 0 Å². The second-order valence-electron chi connectivity index (χ2n) is 4.43. The number of pyridine rings is 1. The highest BCUT2D eigenvalue weighted by Gasteiger charge is 2.15. The van der Waals surface area contributed by atoms with Crippen LogP contribution in [0, 0.1) is 0 Å². The third-order valence-corrected chi connectivity index (χ3v) is 2.97. The molecule has 2 aromatic heterocycles. The summed E-state index contributed by atoms with van der Waals surface area (Å²) in [6.07, 6.45) is 1.76. The molecule has 0 spiro atoms. The van der Waals surface area contributed by atoms with E-state index in [0.29, 0.717) is 18.3 Å². The number of methoxy groups -OCH3 is 1. The summed E-state index contributed by atoms with van der Waals surface area (Å²) in [4.78, 5) is 8.57. The van der Waals surface area contributed by atoms with E-state index in [1.165, 1.54) is 0 Å². The highest BCUT2D eigenvalue weighted by atomic mass is 16.5. The minimum absolute atomic E-state index is 0.348. The van der Waals surface area contributed by atoms with Crippen LogP contribution in [0.5, 0.6) is 0 Å². The number of hydrogen-bond donors (Lipinski definition) is 1. The first-order valence-electron chi connectivity index (χ1n) is 6.21. The van der Waals surface area contributed by atoms with E-state index in [1.807, 2.05) is 30.3 Å². The van der Waals surface area contributed by atoms with Gasteiger partial charge in [-0.05, 0) is 24.3 Å². The number of rotatable bonds is 4. The van der Waals surface area contributed by atoms with E-state index in [4.69, 9.17) is 15.0 Å². The lowest BCUT2D eigenvalue weighted by atomic mass is 10.1. The van der Waals surface area contributed by atoms with Gasteiger partial charge in [0.1, 0.15) is 0 Å². The Balaban J connectivity index is 1.94. The summed E-state index contributed by atoms with van der Waals surface area (Å²) < 4.78 is 10.2. The summed E-state index contributed by atoms with van der Waals surface area (Å²) in [6, 6.07) is 9.26. The summed E-state index contributed by atoms with van der Waals surface area (Å²) >= 11 is 0. The fraction of sp³-hybridized carbons (Fsp3) is 0.214. The van der Waals surface area contributed by atoms with E-state index >= 15 is 0 Å². The number of benzene rings is 1. The van der Waals surface area contributed by atoms with Crippen LogP contribution in [-0.4, -0.2) is 28.8 Å². The van der Waals surface area contributed by atoms with Crippen molar-refractivity contribution in [1.29, 1.82) is 0 Å². The number of ether oxygens (including phenoxy) is 1. The van der Waals surface area contributed by atoms with Crippen LogP contribution < -0.4 is 5.73 Å². The van der Waals surface area contributed by atoms with Crippen LogP contribution in [-0.2, 0) is 4.74 Å². The lowest BCUT2D eigenvalue weighted by molar-refractivity contribution is 0.177. The van der Waals surface area contributed by atoms with Crippen LogP contribution >= 0.6 is 0 Å². The number of hydrogen-bond acceptors (Lipinski definition) is 6. The van der Waals surface area contributed by atoms with Crippen molar-refractivity contribution in [3.63, 3.8) is 0 Å². The number of nitrogens with zero attached hydrogens (tertiary/aromatic N) is 3. The van der Waals surface area contributed by atoms with Crippen molar-refractivity contribution >= 4 is 10.9 Å². The summed E-state index contributed by atoms with van der Waals surface area (Å²) in [5, 5.41) is 4.90. The maximum Gasteiger partial charge on any atom is 0.258 e. The van der Waals surface area contributed by atoms with Gasteiger partial charge in [0, 0.05) is 24.3 Å². The Labute approximate surface area is 115 Å². The summed E-state index contributed by atoms with van der Waals surface area (Å²) in [6.45, 7) is 0.348. The van der Waals surface area contributed by atoms with Crippen LogP contribution in [0.4, 0.5) is 0 Å². The Bertz CT molecular complexity index is 726. The van der Waals surface area contributed by atoms with Gasteiger partial charge in [0.15, 0.2) is 5.82 Å². The number of nitrogens with two attached hydrogens (primary N) is 1. The van der Waals surface area contributed by atoms with E-state index in [1.54, 1.807) is 13.3 Å². The maximum absolute atomic E-state index is 5.87. The zero-order chi connectivity index (χ0) is 13.9. The molecule has 3 rings (SSSR count). The summed E-state index contributed by atoms with van der Waals surface area (Å²) in [5.74, 6) is 0.880. The van der Waals surface area contributed by atoms with Crippen LogP contribution in [0.3, 0.4) is 0 Å². The molecule has 6 nitrogen and oxygen atoms in total. The van der Waals surface area contributed by atoms with E-state index in [0.717, 1.165) is 16.5 Å². The molecule has 0 fully saturated rings. The molecule has 3 aromatic rings. The van der Waals surface area contributed by atoms with Crippen LogP contribution in [0.15, 0.2) is 41.1 Å². The van der Waals surface area contributed by atoms with Gasteiger partial charge in [0.25, 0.3) is 5.89 Å². The molecule has 1 atom stereocenters. The molecule has 1 aromatic carbocycles. The Hall–Kier alpha value is -2.31. The summed E-state index contributed by atoms with van der Waals surface area (Å²) in [7, 11) is 1.58. The summed E-state index contributed by atoms with van der Waals surface area (Å²) in [5.41, 5.74) is 7.63. The Morgan fingerprint density at radius 2 is 2.25 bits per heavy atom. The quantitative estimate of drug-likeness (QED) is 0.779. The highest BCUT2D eigenvalue weighted by Crippen LogP contribution is 2.22. The van der Waals surface area contributed by atoms with Crippen LogP contribution in [0.2, 0.25) is 0 Å². The molecule has 0 radical (unpaired) electrons. The first-order valence-corrected chi connectivity index (χ1v) is 6.21. The molecule has 2 N–H and O–H groups in total. The number of aromatic nitrogens is 3. The number of fused-ring (bicyclic) bond motifs is 1. The first kappa shape index (κ1) is 12.7. The van der Waals surface area contributed by atoms with Gasteiger partial charge in [-0.3, -0.25) is 4.98 Å². The van der Waals surface area contributed by atoms with E-state index in [9.17, 15) is 0 Å². The largest absolute Gasteiger partial charge is 0.383 e. The van der Waals surface area contributed by atoms with Gasteiger partial charge < -0.3 is 15.0 Å². The molecular formula is C14H14N4O2. The molecule has 0 amide bonds. The Morgan fingerprint density at radius 1 is 1.35 bits per heavy atom. The normalized spacial score (nSPS) is 12.7. The first-order chi connectivity index (χ1) is 9.78. The van der Waals surface area contributed by atoms with Crippen molar-refractivity contribution in [1.82, 2.24) is 15.1 Å². The SMILES string of the molecule is COCC(N)c1noc(-c2ccc3ncccc3c2)n1. The average molecular weight is 270 g/mol. The van der Waals surface area contributed by atoms with Gasteiger partial charge in [-0.2, -0.15) is 4.98 Å². The molecule has 6 heteroatoms. The van der Waals surface area contributed by atoms with E-state index < -0.39 is 0 Å². The Morgan fingerprint density at radius 3 is 3.10 bits per heavy atom. The molecule has 0 saturated heterocycles. The fourth-order valence-electron chi connectivity index (χ4n) is 1.97. The fourth-order valence-corrected chi connectivity index (χ4v) is 1.97. The molecule has 0 bridgehead atoms. The second-order valence-corrected chi connectivity index (χ2v) is 4.43. The molecule has 0 aliphatic rings. The van der Waals surface area contributed by atoms with Gasteiger partial charge in [0.05, 0.1) is 18.2 Å². The van der Waals surface area contributed by atoms with Crippen molar-refractivity contribution in [2.24, 2.45) is 5.73 Å². The van der Waals surface area contributed by atoms with Crippen molar-refractivity contribution in [3.05, 3.63) is 42.4 Å². The van der Waals surface area contributed by atoms with Crippen molar-refractivity contribution in [2.45, 2.75) is 6.04 Å². The standard InChI is InChI=1S/C14H14N4O2/c1-19-8-11(15)13-17-14(20-18-13)10-4-5-12-9(7-10)3-2-6-16-12/h2-7,11H,8,15H2,1H3. The van der Waals surface area contributed by atoms with Gasteiger partial charge in [-0.15, -0.1) is 0 Å².